The van der Waals surface area contributed by atoms with Crippen LogP contribution in [0.15, 0.2) is 18.2 Å². The van der Waals surface area contributed by atoms with Gasteiger partial charge in [0.1, 0.15) is 5.82 Å². The van der Waals surface area contributed by atoms with E-state index in [1.54, 1.807) is 13.0 Å². The Kier molecular flexibility index (Phi) is 14.5. The fraction of sp³-hybridized carbons (Fsp3) is 0.529. The molecule has 1 aromatic rings. The molecule has 1 atom stereocenters. The number of hydrogen-bond acceptors (Lipinski definition) is 3. The SMILES string of the molecule is CC.C[C@H]1CCCN1C.Cc1ccc(C=O)c(F)c1.NC=O. The van der Waals surface area contributed by atoms with E-state index in [0.717, 1.165) is 11.6 Å². The highest BCUT2D eigenvalue weighted by Gasteiger charge is 2.14. The highest BCUT2D eigenvalue weighted by Crippen LogP contribution is 2.12. The predicted octanol–water partition coefficient (Wildman–Crippen LogP) is 3.17. The van der Waals surface area contributed by atoms with E-state index in [1.807, 2.05) is 13.8 Å². The van der Waals surface area contributed by atoms with Crippen LogP contribution in [0.5, 0.6) is 0 Å². The average Bonchev–Trinajstić information content (AvgIpc) is 2.87. The van der Waals surface area contributed by atoms with Gasteiger partial charge < -0.3 is 10.6 Å². The molecule has 0 bridgehead atoms. The molecule has 2 rings (SSSR count). The van der Waals surface area contributed by atoms with Crippen molar-refractivity contribution in [2.24, 2.45) is 5.73 Å². The fourth-order valence-corrected chi connectivity index (χ4v) is 1.80. The fourth-order valence-electron chi connectivity index (χ4n) is 1.80. The average molecular weight is 312 g/mol. The van der Waals surface area contributed by atoms with Crippen molar-refractivity contribution >= 4 is 12.7 Å². The number of rotatable bonds is 1. The van der Waals surface area contributed by atoms with Crippen LogP contribution in [-0.2, 0) is 4.79 Å². The highest BCUT2D eigenvalue weighted by atomic mass is 19.1. The largest absolute Gasteiger partial charge is 0.372 e. The summed E-state index contributed by atoms with van der Waals surface area (Å²) in [6, 6.07) is 5.36. The number of likely N-dealkylation sites (tertiary alicyclic amines) is 1. The van der Waals surface area contributed by atoms with Crippen molar-refractivity contribution in [2.45, 2.75) is 46.6 Å². The molecular weight excluding hydrogens is 283 g/mol. The molecule has 0 unspecified atom stereocenters. The third-order valence-corrected chi connectivity index (χ3v) is 3.17. The van der Waals surface area contributed by atoms with Crippen LogP contribution in [0.3, 0.4) is 0 Å². The van der Waals surface area contributed by atoms with Crippen molar-refractivity contribution in [2.75, 3.05) is 13.6 Å². The lowest BCUT2D eigenvalue weighted by Crippen LogP contribution is -2.20. The summed E-state index contributed by atoms with van der Waals surface area (Å²) >= 11 is 0. The van der Waals surface area contributed by atoms with Gasteiger partial charge in [-0.15, -0.1) is 0 Å². The summed E-state index contributed by atoms with van der Waals surface area (Å²) in [6.07, 6.45) is 3.56. The van der Waals surface area contributed by atoms with Gasteiger partial charge in [-0.05, 0) is 58.0 Å². The number of amides is 1. The number of halogens is 1. The lowest BCUT2D eigenvalue weighted by atomic mass is 10.1. The van der Waals surface area contributed by atoms with Crippen molar-refractivity contribution in [3.8, 4) is 0 Å². The second-order valence-electron chi connectivity index (χ2n) is 4.75. The molecule has 0 spiro atoms. The number of aryl methyl sites for hydroxylation is 1. The lowest BCUT2D eigenvalue weighted by molar-refractivity contribution is -0.106. The van der Waals surface area contributed by atoms with Crippen LogP contribution >= 0.6 is 0 Å². The first-order valence-electron chi connectivity index (χ1n) is 7.53. The summed E-state index contributed by atoms with van der Waals surface area (Å²) in [5, 5.41) is 0. The second kappa shape index (κ2) is 14.2. The molecule has 1 saturated heterocycles. The molecule has 1 amide bonds. The number of nitrogens with zero attached hydrogens (tertiary/aromatic N) is 1. The molecule has 5 heteroatoms. The van der Waals surface area contributed by atoms with E-state index in [9.17, 15) is 9.18 Å². The zero-order valence-electron chi connectivity index (χ0n) is 14.3. The summed E-state index contributed by atoms with van der Waals surface area (Å²) in [5.41, 5.74) is 5.11. The maximum Gasteiger partial charge on any atom is 0.204 e. The molecule has 0 aliphatic carbocycles. The van der Waals surface area contributed by atoms with Gasteiger partial charge in [-0.3, -0.25) is 9.59 Å². The maximum absolute atomic E-state index is 12.6. The van der Waals surface area contributed by atoms with Crippen molar-refractivity contribution in [1.82, 2.24) is 4.90 Å². The number of benzene rings is 1. The first-order valence-corrected chi connectivity index (χ1v) is 7.53. The van der Waals surface area contributed by atoms with Crippen LogP contribution in [-0.4, -0.2) is 37.2 Å². The second-order valence-corrected chi connectivity index (χ2v) is 4.75. The summed E-state index contributed by atoms with van der Waals surface area (Å²) in [4.78, 5) is 21.1. The van der Waals surface area contributed by atoms with E-state index in [-0.39, 0.29) is 12.0 Å². The smallest absolute Gasteiger partial charge is 0.204 e. The van der Waals surface area contributed by atoms with Crippen LogP contribution < -0.4 is 5.73 Å². The molecule has 2 N–H and O–H groups in total. The van der Waals surface area contributed by atoms with Gasteiger partial charge in [0, 0.05) is 6.04 Å². The zero-order valence-corrected chi connectivity index (χ0v) is 14.3. The minimum Gasteiger partial charge on any atom is -0.372 e. The standard InChI is InChI=1S/C8H7FO.C6H13N.C2H6.CH3NO/c1-6-2-3-7(5-10)8(9)4-6;1-6-4-3-5-7(6)2;1-2;2-1-3/h2-5H,1H3;6H,3-5H2,1-2H3;1-2H3;1H,(H2,2,3)/t;6-;;/m.0../s1. The van der Waals surface area contributed by atoms with Gasteiger partial charge in [0.05, 0.1) is 5.56 Å². The third-order valence-electron chi connectivity index (χ3n) is 3.17. The van der Waals surface area contributed by atoms with Gasteiger partial charge in [-0.25, -0.2) is 4.39 Å². The maximum atomic E-state index is 12.6. The molecule has 1 aromatic carbocycles. The van der Waals surface area contributed by atoms with E-state index in [0.29, 0.717) is 6.29 Å². The Morgan fingerprint density at radius 2 is 1.86 bits per heavy atom. The molecule has 1 heterocycles. The molecule has 22 heavy (non-hydrogen) atoms. The molecule has 1 fully saturated rings. The molecule has 1 aliphatic rings. The summed E-state index contributed by atoms with van der Waals surface area (Å²) in [5.74, 6) is -0.449. The Morgan fingerprint density at radius 3 is 2.14 bits per heavy atom. The first-order chi connectivity index (χ1) is 10.5. The minimum absolute atomic E-state index is 0.116. The van der Waals surface area contributed by atoms with Gasteiger partial charge in [-0.1, -0.05) is 19.9 Å². The van der Waals surface area contributed by atoms with E-state index < -0.39 is 5.82 Å². The highest BCUT2D eigenvalue weighted by molar-refractivity contribution is 5.75. The van der Waals surface area contributed by atoms with Crippen molar-refractivity contribution in [1.29, 1.82) is 0 Å². The van der Waals surface area contributed by atoms with Crippen LogP contribution in [0.2, 0.25) is 0 Å². The molecule has 1 aliphatic heterocycles. The third kappa shape index (κ3) is 10.0. The summed E-state index contributed by atoms with van der Waals surface area (Å²) < 4.78 is 12.6. The Morgan fingerprint density at radius 1 is 1.32 bits per heavy atom. The van der Waals surface area contributed by atoms with E-state index >= 15 is 0 Å². The van der Waals surface area contributed by atoms with Crippen LogP contribution in [0, 0.1) is 12.7 Å². The van der Waals surface area contributed by atoms with Crippen LogP contribution in [0.1, 0.15) is 49.5 Å². The van der Waals surface area contributed by atoms with Gasteiger partial charge in [0.25, 0.3) is 0 Å². The van der Waals surface area contributed by atoms with Gasteiger partial charge in [0.2, 0.25) is 6.41 Å². The predicted molar refractivity (Wildman–Crippen MR) is 89.4 cm³/mol. The van der Waals surface area contributed by atoms with E-state index in [2.05, 4.69) is 24.6 Å². The Bertz CT molecular complexity index is 417. The van der Waals surface area contributed by atoms with Gasteiger partial charge in [-0.2, -0.15) is 0 Å². The zero-order chi connectivity index (χ0) is 17.5. The molecule has 0 saturated carbocycles. The number of primary amides is 1. The molecule has 4 nitrogen and oxygen atoms in total. The number of hydrogen-bond donors (Lipinski definition) is 1. The number of nitrogens with two attached hydrogens (primary N) is 1. The van der Waals surface area contributed by atoms with Gasteiger partial charge >= 0.3 is 0 Å². The molecule has 126 valence electrons. The lowest BCUT2D eigenvalue weighted by Gasteiger charge is -2.12. The Hall–Kier alpha value is -1.75. The van der Waals surface area contributed by atoms with Crippen LogP contribution in [0.4, 0.5) is 4.39 Å². The minimum atomic E-state index is -0.449. The normalized spacial score (nSPS) is 16.0. The van der Waals surface area contributed by atoms with E-state index in [4.69, 9.17) is 4.79 Å². The topological polar surface area (TPSA) is 63.4 Å². The quantitative estimate of drug-likeness (QED) is 0.810. The Balaban J connectivity index is 0. The Labute approximate surface area is 133 Å². The van der Waals surface area contributed by atoms with E-state index in [1.165, 1.54) is 31.5 Å². The van der Waals surface area contributed by atoms with Crippen molar-refractivity contribution < 1.29 is 14.0 Å². The molecular formula is C17H29FN2O2. The van der Waals surface area contributed by atoms with Crippen molar-refractivity contribution in [3.05, 3.63) is 35.1 Å². The summed E-state index contributed by atoms with van der Waals surface area (Å²) in [6.45, 7) is 9.37. The van der Waals surface area contributed by atoms with Crippen molar-refractivity contribution in [3.63, 3.8) is 0 Å². The van der Waals surface area contributed by atoms with Crippen LogP contribution in [0.25, 0.3) is 0 Å². The monoisotopic (exact) mass is 312 g/mol. The molecule has 0 aromatic heterocycles. The summed E-state index contributed by atoms with van der Waals surface area (Å²) in [7, 11) is 2.19. The van der Waals surface area contributed by atoms with Gasteiger partial charge in [0.15, 0.2) is 6.29 Å². The number of aldehydes is 1. The molecule has 0 radical (unpaired) electrons. The first kappa shape index (κ1) is 22.5. The number of carbonyl (C=O) groups is 2. The number of carbonyl (C=O) groups excluding carboxylic acids is 2.